The number of nitrogens with one attached hydrogen (secondary N) is 2. The van der Waals surface area contributed by atoms with Gasteiger partial charge in [-0.3, -0.25) is 4.40 Å². The Morgan fingerprint density at radius 3 is 2.94 bits per heavy atom. The molecule has 96 valence electrons. The lowest BCUT2D eigenvalue weighted by molar-refractivity contribution is 0.764. The van der Waals surface area contributed by atoms with E-state index in [1.807, 2.05) is 28.8 Å². The largest absolute Gasteiger partial charge is 0.363 e. The van der Waals surface area contributed by atoms with Crippen molar-refractivity contribution < 1.29 is 0 Å². The van der Waals surface area contributed by atoms with E-state index in [2.05, 4.69) is 27.8 Å². The van der Waals surface area contributed by atoms with Gasteiger partial charge in [-0.1, -0.05) is 13.0 Å². The van der Waals surface area contributed by atoms with Crippen LogP contribution < -0.4 is 10.6 Å². The van der Waals surface area contributed by atoms with Gasteiger partial charge >= 0.3 is 0 Å². The molecule has 2 N–H and O–H groups in total. The van der Waals surface area contributed by atoms with Crippen LogP contribution in [0.15, 0.2) is 24.4 Å². The van der Waals surface area contributed by atoms with Crippen LogP contribution in [-0.4, -0.2) is 32.8 Å². The van der Waals surface area contributed by atoms with Gasteiger partial charge in [-0.05, 0) is 30.8 Å². The number of aromatic nitrogens is 3. The van der Waals surface area contributed by atoms with Crippen LogP contribution in [0, 0.1) is 0 Å². The topological polar surface area (TPSA) is 54.2 Å². The highest BCUT2D eigenvalue weighted by Crippen LogP contribution is 2.02. The highest BCUT2D eigenvalue weighted by atomic mass is 32.1. The third-order valence-corrected chi connectivity index (χ3v) is 2.84. The van der Waals surface area contributed by atoms with Gasteiger partial charge in [0.25, 0.3) is 0 Å². The van der Waals surface area contributed by atoms with Gasteiger partial charge in [0.2, 0.25) is 0 Å². The highest BCUT2D eigenvalue weighted by molar-refractivity contribution is 7.80. The Balaban J connectivity index is 1.85. The summed E-state index contributed by atoms with van der Waals surface area (Å²) in [6.45, 7) is 3.77. The number of rotatable bonds is 5. The van der Waals surface area contributed by atoms with Crippen LogP contribution in [0.5, 0.6) is 0 Å². The predicted molar refractivity (Wildman–Crippen MR) is 75.6 cm³/mol. The quantitative estimate of drug-likeness (QED) is 0.793. The summed E-state index contributed by atoms with van der Waals surface area (Å²) in [7, 11) is 0. The Labute approximate surface area is 112 Å². The number of nitrogens with zero attached hydrogens (tertiary/aromatic N) is 3. The molecule has 2 aromatic heterocycles. The maximum Gasteiger partial charge on any atom is 0.166 e. The molecule has 0 atom stereocenters. The van der Waals surface area contributed by atoms with Gasteiger partial charge in [-0.25, -0.2) is 0 Å². The van der Waals surface area contributed by atoms with Crippen LogP contribution in [0.25, 0.3) is 5.65 Å². The van der Waals surface area contributed by atoms with Crippen molar-refractivity contribution in [2.45, 2.75) is 19.8 Å². The molecule has 2 rings (SSSR count). The number of pyridine rings is 1. The zero-order valence-corrected chi connectivity index (χ0v) is 11.2. The van der Waals surface area contributed by atoms with Crippen molar-refractivity contribution in [3.8, 4) is 0 Å². The highest BCUT2D eigenvalue weighted by Gasteiger charge is 2.03. The monoisotopic (exact) mass is 263 g/mol. The van der Waals surface area contributed by atoms with Crippen molar-refractivity contribution in [3.63, 3.8) is 0 Å². The molecule has 0 aromatic carbocycles. The standard InChI is InChI=1S/C12H17N5S/c1-2-7-13-12(18)14-8-6-11-16-15-10-5-3-4-9-17(10)11/h3-5,9H,2,6-8H2,1H3,(H2,13,14,18). The molecule has 0 aliphatic carbocycles. The first-order valence-electron chi connectivity index (χ1n) is 6.11. The van der Waals surface area contributed by atoms with E-state index in [1.54, 1.807) is 0 Å². The second-order valence-corrected chi connectivity index (χ2v) is 4.39. The molecule has 0 aliphatic heterocycles. The molecule has 0 radical (unpaired) electrons. The van der Waals surface area contributed by atoms with E-state index in [9.17, 15) is 0 Å². The SMILES string of the molecule is CCCNC(=S)NCCc1nnc2ccccn12. The molecule has 2 heterocycles. The van der Waals surface area contributed by atoms with Crippen molar-refractivity contribution >= 4 is 23.0 Å². The second kappa shape index (κ2) is 6.30. The van der Waals surface area contributed by atoms with Crippen molar-refractivity contribution in [1.82, 2.24) is 25.2 Å². The number of fused-ring (bicyclic) bond motifs is 1. The summed E-state index contributed by atoms with van der Waals surface area (Å²) in [6, 6.07) is 5.87. The fourth-order valence-corrected chi connectivity index (χ4v) is 1.85. The summed E-state index contributed by atoms with van der Waals surface area (Å²) >= 11 is 5.15. The van der Waals surface area contributed by atoms with E-state index < -0.39 is 0 Å². The van der Waals surface area contributed by atoms with Crippen molar-refractivity contribution in [2.24, 2.45) is 0 Å². The van der Waals surface area contributed by atoms with E-state index in [1.165, 1.54) is 0 Å². The lowest BCUT2D eigenvalue weighted by atomic mass is 10.4. The molecule has 18 heavy (non-hydrogen) atoms. The van der Waals surface area contributed by atoms with Crippen LogP contribution in [-0.2, 0) is 6.42 Å². The average Bonchev–Trinajstić information content (AvgIpc) is 2.80. The minimum atomic E-state index is 0.700. The normalized spacial score (nSPS) is 10.5. The van der Waals surface area contributed by atoms with Gasteiger partial charge in [0.1, 0.15) is 5.82 Å². The fourth-order valence-electron chi connectivity index (χ4n) is 1.65. The Hall–Kier alpha value is -1.69. The summed E-state index contributed by atoms with van der Waals surface area (Å²) in [4.78, 5) is 0. The van der Waals surface area contributed by atoms with E-state index >= 15 is 0 Å². The molecule has 0 saturated heterocycles. The molecule has 0 fully saturated rings. The van der Waals surface area contributed by atoms with E-state index in [4.69, 9.17) is 12.2 Å². The summed E-state index contributed by atoms with van der Waals surface area (Å²) < 4.78 is 1.99. The smallest absolute Gasteiger partial charge is 0.166 e. The zero-order valence-electron chi connectivity index (χ0n) is 10.4. The number of thiocarbonyl (C=S) groups is 1. The van der Waals surface area contributed by atoms with E-state index in [0.29, 0.717) is 5.11 Å². The summed E-state index contributed by atoms with van der Waals surface area (Å²) in [5.74, 6) is 0.941. The second-order valence-electron chi connectivity index (χ2n) is 3.98. The number of hydrogen-bond donors (Lipinski definition) is 2. The Morgan fingerprint density at radius 1 is 1.28 bits per heavy atom. The molecular weight excluding hydrogens is 246 g/mol. The lowest BCUT2D eigenvalue weighted by Gasteiger charge is -2.08. The summed E-state index contributed by atoms with van der Waals surface area (Å²) in [5, 5.41) is 15.3. The Morgan fingerprint density at radius 2 is 2.11 bits per heavy atom. The van der Waals surface area contributed by atoms with Crippen LogP contribution in [0.2, 0.25) is 0 Å². The molecule has 0 saturated carbocycles. The minimum Gasteiger partial charge on any atom is -0.363 e. The Bertz CT molecular complexity index is 522. The molecule has 6 heteroatoms. The van der Waals surface area contributed by atoms with Crippen LogP contribution >= 0.6 is 12.2 Å². The van der Waals surface area contributed by atoms with Crippen LogP contribution in [0.4, 0.5) is 0 Å². The summed E-state index contributed by atoms with van der Waals surface area (Å²) in [5.41, 5.74) is 0.874. The van der Waals surface area contributed by atoms with E-state index in [-0.39, 0.29) is 0 Å². The molecular formula is C12H17N5S. The van der Waals surface area contributed by atoms with Gasteiger partial charge in [0.15, 0.2) is 10.8 Å². The summed E-state index contributed by atoms with van der Waals surface area (Å²) in [6.07, 6.45) is 3.83. The van der Waals surface area contributed by atoms with Gasteiger partial charge in [-0.15, -0.1) is 10.2 Å². The predicted octanol–water partition coefficient (Wildman–Crippen LogP) is 1.15. The van der Waals surface area contributed by atoms with Gasteiger partial charge in [0.05, 0.1) is 0 Å². The zero-order chi connectivity index (χ0) is 12.8. The fraction of sp³-hybridized carbons (Fsp3) is 0.417. The first-order chi connectivity index (χ1) is 8.81. The van der Waals surface area contributed by atoms with Crippen LogP contribution in [0.1, 0.15) is 19.2 Å². The van der Waals surface area contributed by atoms with Crippen molar-refractivity contribution in [2.75, 3.05) is 13.1 Å². The average molecular weight is 263 g/mol. The van der Waals surface area contributed by atoms with Gasteiger partial charge in [0, 0.05) is 25.7 Å². The molecule has 0 amide bonds. The minimum absolute atomic E-state index is 0.700. The van der Waals surface area contributed by atoms with E-state index in [0.717, 1.165) is 37.4 Å². The molecule has 0 unspecified atom stereocenters. The first kappa shape index (κ1) is 12.8. The van der Waals surface area contributed by atoms with Gasteiger partial charge in [-0.2, -0.15) is 0 Å². The molecule has 2 aromatic rings. The molecule has 0 spiro atoms. The third-order valence-electron chi connectivity index (χ3n) is 2.55. The van der Waals surface area contributed by atoms with Crippen LogP contribution in [0.3, 0.4) is 0 Å². The molecule has 5 nitrogen and oxygen atoms in total. The maximum absolute atomic E-state index is 5.15. The first-order valence-corrected chi connectivity index (χ1v) is 6.52. The lowest BCUT2D eigenvalue weighted by Crippen LogP contribution is -2.36. The molecule has 0 bridgehead atoms. The number of hydrogen-bond acceptors (Lipinski definition) is 3. The van der Waals surface area contributed by atoms with Crippen molar-refractivity contribution in [1.29, 1.82) is 0 Å². The maximum atomic E-state index is 5.15. The molecule has 0 aliphatic rings. The third kappa shape index (κ3) is 3.16. The Kier molecular flexibility index (Phi) is 4.46. The van der Waals surface area contributed by atoms with Crippen molar-refractivity contribution in [3.05, 3.63) is 30.2 Å². The van der Waals surface area contributed by atoms with Gasteiger partial charge < -0.3 is 10.6 Å².